The minimum absolute atomic E-state index is 0.356. The molecule has 0 aliphatic rings. The van der Waals surface area contributed by atoms with Crippen molar-refractivity contribution in [2.45, 2.75) is 27.3 Å². The van der Waals surface area contributed by atoms with Crippen LogP contribution in [-0.2, 0) is 13.6 Å². The number of ether oxygens (including phenoxy) is 1. The molecule has 9 heteroatoms. The molecule has 2 N–H and O–H groups in total. The van der Waals surface area contributed by atoms with Crippen molar-refractivity contribution in [3.8, 4) is 17.0 Å². The molecular formula is C20H22ClN7O. The lowest BCUT2D eigenvalue weighted by atomic mass is 10.0. The topological polar surface area (TPSA) is 93.5 Å². The molecule has 0 aliphatic carbocycles. The van der Waals surface area contributed by atoms with E-state index in [-0.39, 0.29) is 0 Å². The Hall–Kier alpha value is -3.13. The molecule has 0 atom stereocenters. The van der Waals surface area contributed by atoms with Gasteiger partial charge in [0, 0.05) is 36.6 Å². The molecule has 29 heavy (non-hydrogen) atoms. The monoisotopic (exact) mass is 411 g/mol. The van der Waals surface area contributed by atoms with E-state index in [1.807, 2.05) is 38.0 Å². The Morgan fingerprint density at radius 1 is 1.21 bits per heavy atom. The Bertz CT molecular complexity index is 1180. The number of pyridine rings is 2. The smallest absolute Gasteiger partial charge is 0.243 e. The fraction of sp³-hybridized carbons (Fsp3) is 0.300. The number of aryl methyl sites for hydroxylation is 3. The maximum atomic E-state index is 6.06. The summed E-state index contributed by atoms with van der Waals surface area (Å²) in [6, 6.07) is 3.80. The standard InChI is InChI=1S/C20H22ClN7O/c1-5-29-19-18-16(7-17(21)25-19)24-20(26-18)23-8-13-6-11(2)14(9-22-13)15-10-28(4)27-12(15)3/h6-7,9-10H,5,8H2,1-4H3,(H2,23,24,26). The fourth-order valence-corrected chi connectivity index (χ4v) is 3.49. The van der Waals surface area contributed by atoms with Crippen LogP contribution in [0.1, 0.15) is 23.9 Å². The normalized spacial score (nSPS) is 11.2. The zero-order valence-electron chi connectivity index (χ0n) is 16.7. The number of nitrogens with zero attached hydrogens (tertiary/aromatic N) is 5. The van der Waals surface area contributed by atoms with Crippen molar-refractivity contribution in [2.24, 2.45) is 7.05 Å². The number of aromatic amines is 1. The van der Waals surface area contributed by atoms with E-state index in [2.05, 4.69) is 43.3 Å². The van der Waals surface area contributed by atoms with Gasteiger partial charge in [0.15, 0.2) is 5.52 Å². The minimum Gasteiger partial charge on any atom is -0.476 e. The van der Waals surface area contributed by atoms with Crippen LogP contribution in [0.2, 0.25) is 5.15 Å². The summed E-state index contributed by atoms with van der Waals surface area (Å²) >= 11 is 6.06. The van der Waals surface area contributed by atoms with Crippen LogP contribution in [0, 0.1) is 13.8 Å². The number of anilines is 1. The van der Waals surface area contributed by atoms with E-state index in [0.29, 0.717) is 35.6 Å². The molecule has 0 radical (unpaired) electrons. The Balaban J connectivity index is 1.54. The number of aromatic nitrogens is 6. The van der Waals surface area contributed by atoms with Crippen LogP contribution in [0.15, 0.2) is 24.5 Å². The highest BCUT2D eigenvalue weighted by Crippen LogP contribution is 2.27. The van der Waals surface area contributed by atoms with Gasteiger partial charge >= 0.3 is 0 Å². The van der Waals surface area contributed by atoms with Crippen LogP contribution in [0.25, 0.3) is 22.2 Å². The van der Waals surface area contributed by atoms with Crippen LogP contribution in [0.4, 0.5) is 5.95 Å². The van der Waals surface area contributed by atoms with Crippen LogP contribution >= 0.6 is 11.6 Å². The summed E-state index contributed by atoms with van der Waals surface area (Å²) < 4.78 is 7.35. The molecule has 4 aromatic rings. The lowest BCUT2D eigenvalue weighted by Crippen LogP contribution is -2.03. The third-order valence-corrected chi connectivity index (χ3v) is 4.79. The van der Waals surface area contributed by atoms with Gasteiger partial charge in [-0.3, -0.25) is 9.67 Å². The first kappa shape index (κ1) is 19.2. The van der Waals surface area contributed by atoms with Crippen molar-refractivity contribution < 1.29 is 4.74 Å². The average Bonchev–Trinajstić information content (AvgIpc) is 3.22. The van der Waals surface area contributed by atoms with Crippen molar-refractivity contribution in [1.29, 1.82) is 0 Å². The number of H-pyrrole nitrogens is 1. The van der Waals surface area contributed by atoms with E-state index in [9.17, 15) is 0 Å². The number of nitrogens with one attached hydrogen (secondary N) is 2. The Labute approximate surface area is 173 Å². The van der Waals surface area contributed by atoms with Crippen molar-refractivity contribution in [2.75, 3.05) is 11.9 Å². The first-order valence-corrected chi connectivity index (χ1v) is 9.71. The summed E-state index contributed by atoms with van der Waals surface area (Å²) in [6.45, 7) is 6.99. The summed E-state index contributed by atoms with van der Waals surface area (Å²) in [4.78, 5) is 16.5. The van der Waals surface area contributed by atoms with Crippen LogP contribution in [-0.4, -0.2) is 36.3 Å². The third-order valence-electron chi connectivity index (χ3n) is 4.60. The number of imidazole rings is 1. The van der Waals surface area contributed by atoms with Gasteiger partial charge in [0.1, 0.15) is 5.15 Å². The quantitative estimate of drug-likeness (QED) is 0.465. The van der Waals surface area contributed by atoms with E-state index >= 15 is 0 Å². The maximum Gasteiger partial charge on any atom is 0.243 e. The molecule has 0 fully saturated rings. The molecule has 0 aromatic carbocycles. The molecular weight excluding hydrogens is 390 g/mol. The summed E-state index contributed by atoms with van der Waals surface area (Å²) in [5.74, 6) is 1.03. The molecule has 0 aliphatic heterocycles. The Morgan fingerprint density at radius 3 is 2.72 bits per heavy atom. The molecule has 8 nitrogen and oxygen atoms in total. The molecule has 150 valence electrons. The van der Waals surface area contributed by atoms with Crippen LogP contribution in [0.3, 0.4) is 0 Å². The molecule has 4 aromatic heterocycles. The number of hydrogen-bond acceptors (Lipinski definition) is 6. The predicted octanol–water partition coefficient (Wildman–Crippen LogP) is 4.03. The van der Waals surface area contributed by atoms with Crippen molar-refractivity contribution >= 4 is 28.6 Å². The second-order valence-corrected chi connectivity index (χ2v) is 7.20. The highest BCUT2D eigenvalue weighted by Gasteiger charge is 2.13. The minimum atomic E-state index is 0.356. The highest BCUT2D eigenvalue weighted by molar-refractivity contribution is 6.30. The molecule has 4 heterocycles. The van der Waals surface area contributed by atoms with Gasteiger partial charge in [0.05, 0.1) is 30.1 Å². The van der Waals surface area contributed by atoms with Gasteiger partial charge in [0.25, 0.3) is 0 Å². The number of rotatable bonds is 6. The van der Waals surface area contributed by atoms with Crippen molar-refractivity contribution in [3.63, 3.8) is 0 Å². The molecule has 0 unspecified atom stereocenters. The maximum absolute atomic E-state index is 6.06. The van der Waals surface area contributed by atoms with Crippen molar-refractivity contribution in [3.05, 3.63) is 46.6 Å². The van der Waals surface area contributed by atoms with Gasteiger partial charge < -0.3 is 15.0 Å². The van der Waals surface area contributed by atoms with E-state index in [1.54, 1.807) is 6.07 Å². The second-order valence-electron chi connectivity index (χ2n) is 6.81. The zero-order chi connectivity index (χ0) is 20.5. The van der Waals surface area contributed by atoms with Crippen LogP contribution < -0.4 is 10.1 Å². The summed E-state index contributed by atoms with van der Waals surface area (Å²) in [7, 11) is 1.92. The van der Waals surface area contributed by atoms with E-state index in [0.717, 1.165) is 33.6 Å². The van der Waals surface area contributed by atoms with Gasteiger partial charge in [-0.25, -0.2) is 4.98 Å². The van der Waals surface area contributed by atoms with Crippen LogP contribution in [0.5, 0.6) is 5.88 Å². The van der Waals surface area contributed by atoms with Gasteiger partial charge in [-0.05, 0) is 32.4 Å². The molecule has 0 bridgehead atoms. The first-order valence-electron chi connectivity index (χ1n) is 9.33. The second kappa shape index (κ2) is 7.71. The van der Waals surface area contributed by atoms with Gasteiger partial charge in [-0.2, -0.15) is 10.1 Å². The predicted molar refractivity (Wildman–Crippen MR) is 113 cm³/mol. The number of halogens is 1. The van der Waals surface area contributed by atoms with Gasteiger partial charge in [0.2, 0.25) is 11.8 Å². The Kier molecular flexibility index (Phi) is 5.10. The largest absolute Gasteiger partial charge is 0.476 e. The van der Waals surface area contributed by atoms with Gasteiger partial charge in [-0.15, -0.1) is 0 Å². The number of hydrogen-bond donors (Lipinski definition) is 2. The van der Waals surface area contributed by atoms with Gasteiger partial charge in [-0.1, -0.05) is 11.6 Å². The van der Waals surface area contributed by atoms with Crippen molar-refractivity contribution in [1.82, 2.24) is 29.7 Å². The molecule has 0 saturated carbocycles. The van der Waals surface area contributed by atoms with E-state index in [1.165, 1.54) is 0 Å². The van der Waals surface area contributed by atoms with E-state index in [4.69, 9.17) is 16.3 Å². The lowest BCUT2D eigenvalue weighted by molar-refractivity contribution is 0.331. The molecule has 4 rings (SSSR count). The highest BCUT2D eigenvalue weighted by atomic mass is 35.5. The van der Waals surface area contributed by atoms with E-state index < -0.39 is 0 Å². The fourth-order valence-electron chi connectivity index (χ4n) is 3.31. The summed E-state index contributed by atoms with van der Waals surface area (Å²) in [5.41, 5.74) is 6.64. The zero-order valence-corrected chi connectivity index (χ0v) is 17.5. The SMILES string of the molecule is CCOc1nc(Cl)cc2[nH]c(NCc3cc(C)c(-c4cn(C)nc4C)cn3)nc12. The Morgan fingerprint density at radius 2 is 2.03 bits per heavy atom. The summed E-state index contributed by atoms with van der Waals surface area (Å²) in [5, 5.41) is 8.04. The lowest BCUT2D eigenvalue weighted by Gasteiger charge is -2.08. The molecule has 0 spiro atoms. The summed E-state index contributed by atoms with van der Waals surface area (Å²) in [6.07, 6.45) is 3.91. The molecule has 0 amide bonds. The third kappa shape index (κ3) is 3.88. The molecule has 0 saturated heterocycles. The number of fused-ring (bicyclic) bond motifs is 1. The first-order chi connectivity index (χ1) is 13.9. The average molecular weight is 412 g/mol.